The summed E-state index contributed by atoms with van der Waals surface area (Å²) >= 11 is 6.05. The lowest BCUT2D eigenvalue weighted by Crippen LogP contribution is -2.24. The van der Waals surface area contributed by atoms with Crippen LogP contribution >= 0.6 is 11.6 Å². The molecule has 1 N–H and O–H groups in total. The van der Waals surface area contributed by atoms with Crippen LogP contribution in [0.15, 0.2) is 12.1 Å². The van der Waals surface area contributed by atoms with Crippen LogP contribution in [0.25, 0.3) is 11.2 Å². The van der Waals surface area contributed by atoms with E-state index in [0.717, 1.165) is 36.3 Å². The Morgan fingerprint density at radius 1 is 1.16 bits per heavy atom. The maximum atomic E-state index is 11.9. The number of carbonyl (C=O) groups excluding carboxylic acids is 1. The molecule has 0 aromatic carbocycles. The normalized spacial score (nSPS) is 12.8. The number of aryl methyl sites for hydroxylation is 1. The minimum absolute atomic E-state index is 0.102. The van der Waals surface area contributed by atoms with Crippen LogP contribution in [0, 0.1) is 0 Å². The first-order chi connectivity index (χ1) is 11.5. The van der Waals surface area contributed by atoms with E-state index in [9.17, 15) is 9.90 Å². The quantitative estimate of drug-likeness (QED) is 0.587. The Balaban J connectivity index is 2.07. The lowest BCUT2D eigenvalue weighted by molar-refractivity contribution is -0.122. The predicted molar refractivity (Wildman–Crippen MR) is 101 cm³/mol. The number of fused-ring (bicyclic) bond motifs is 1. The lowest BCUT2D eigenvalue weighted by Gasteiger charge is -2.24. The van der Waals surface area contributed by atoms with Crippen molar-refractivity contribution in [2.24, 2.45) is 0 Å². The number of carbonyl (C=O) groups is 1. The standard InChI is InChI=1S/C19H28ClN3O2/c1-18(2,3)23-16(21-14-10-11-15(20)22-17(14)23)9-7-6-8-13(24)12-19(4,5)25/h10-11,25H,6-9,12H2,1-5H3. The molecule has 25 heavy (non-hydrogen) atoms. The number of rotatable bonds is 7. The van der Waals surface area contributed by atoms with Crippen molar-refractivity contribution in [1.82, 2.24) is 14.5 Å². The molecule has 0 saturated carbocycles. The average Bonchev–Trinajstić information content (AvgIpc) is 2.79. The van der Waals surface area contributed by atoms with E-state index in [1.54, 1.807) is 19.9 Å². The molecule has 0 bridgehead atoms. The van der Waals surface area contributed by atoms with E-state index in [0.29, 0.717) is 11.6 Å². The molecule has 0 amide bonds. The molecule has 0 aliphatic carbocycles. The molecule has 2 aromatic heterocycles. The molecule has 0 unspecified atom stereocenters. The van der Waals surface area contributed by atoms with Crippen LogP contribution in [0.2, 0.25) is 5.15 Å². The third-order valence-electron chi connectivity index (χ3n) is 3.95. The first-order valence-electron chi connectivity index (χ1n) is 8.76. The molecule has 2 heterocycles. The van der Waals surface area contributed by atoms with Crippen LogP contribution in [0.5, 0.6) is 0 Å². The number of unbranched alkanes of at least 4 members (excludes halogenated alkanes) is 1. The summed E-state index contributed by atoms with van der Waals surface area (Å²) < 4.78 is 2.13. The largest absolute Gasteiger partial charge is 0.390 e. The van der Waals surface area contributed by atoms with Gasteiger partial charge in [-0.3, -0.25) is 4.79 Å². The Hall–Kier alpha value is -1.46. The Kier molecular flexibility index (Phi) is 5.89. The number of imidazole rings is 1. The smallest absolute Gasteiger partial charge is 0.162 e. The van der Waals surface area contributed by atoms with Crippen LogP contribution in [-0.2, 0) is 16.8 Å². The van der Waals surface area contributed by atoms with Crippen molar-refractivity contribution in [2.75, 3.05) is 0 Å². The van der Waals surface area contributed by atoms with Gasteiger partial charge in [0.25, 0.3) is 0 Å². The second-order valence-corrected chi connectivity index (χ2v) is 8.63. The van der Waals surface area contributed by atoms with Gasteiger partial charge in [-0.15, -0.1) is 0 Å². The second kappa shape index (κ2) is 7.42. The molecule has 2 aromatic rings. The van der Waals surface area contributed by atoms with E-state index in [1.807, 2.05) is 6.07 Å². The highest BCUT2D eigenvalue weighted by atomic mass is 35.5. The van der Waals surface area contributed by atoms with Gasteiger partial charge >= 0.3 is 0 Å². The molecular weight excluding hydrogens is 338 g/mol. The summed E-state index contributed by atoms with van der Waals surface area (Å²) in [7, 11) is 0. The summed E-state index contributed by atoms with van der Waals surface area (Å²) in [6, 6.07) is 3.65. The summed E-state index contributed by atoms with van der Waals surface area (Å²) in [6.45, 7) is 9.68. The third kappa shape index (κ3) is 5.51. The molecule has 5 nitrogen and oxygen atoms in total. The summed E-state index contributed by atoms with van der Waals surface area (Å²) in [6.07, 6.45) is 3.13. The number of Topliss-reactive ketones (excluding diaryl/α,β-unsaturated/α-hetero) is 1. The maximum absolute atomic E-state index is 11.9. The molecule has 0 aliphatic heterocycles. The van der Waals surface area contributed by atoms with Gasteiger partial charge in [0.1, 0.15) is 22.3 Å². The van der Waals surface area contributed by atoms with E-state index in [1.165, 1.54) is 0 Å². The van der Waals surface area contributed by atoms with E-state index >= 15 is 0 Å². The Labute approximate surface area is 154 Å². The van der Waals surface area contributed by atoms with Gasteiger partial charge < -0.3 is 9.67 Å². The minimum Gasteiger partial charge on any atom is -0.390 e. The number of hydrogen-bond acceptors (Lipinski definition) is 4. The Morgan fingerprint density at radius 2 is 1.84 bits per heavy atom. The van der Waals surface area contributed by atoms with Crippen molar-refractivity contribution in [3.8, 4) is 0 Å². The SMILES string of the molecule is CC(C)(O)CC(=O)CCCCc1nc2ccc(Cl)nc2n1C(C)(C)C. The topological polar surface area (TPSA) is 68.0 Å². The summed E-state index contributed by atoms with van der Waals surface area (Å²) in [4.78, 5) is 21.0. The fourth-order valence-electron chi connectivity index (χ4n) is 3.03. The van der Waals surface area contributed by atoms with E-state index < -0.39 is 5.60 Å². The molecule has 2 rings (SSSR count). The van der Waals surface area contributed by atoms with Gasteiger partial charge in [-0.1, -0.05) is 11.6 Å². The van der Waals surface area contributed by atoms with Gasteiger partial charge in [-0.2, -0.15) is 0 Å². The van der Waals surface area contributed by atoms with Gasteiger partial charge in [0.15, 0.2) is 5.65 Å². The van der Waals surface area contributed by atoms with Crippen LogP contribution in [0.3, 0.4) is 0 Å². The predicted octanol–water partition coefficient (Wildman–Crippen LogP) is 4.28. The fourth-order valence-corrected chi connectivity index (χ4v) is 3.17. The molecule has 0 aliphatic rings. The number of aromatic nitrogens is 3. The molecule has 138 valence electrons. The van der Waals surface area contributed by atoms with Gasteiger partial charge in [0.2, 0.25) is 0 Å². The van der Waals surface area contributed by atoms with Gasteiger partial charge in [-0.25, -0.2) is 9.97 Å². The number of nitrogens with zero attached hydrogens (tertiary/aromatic N) is 3. The lowest BCUT2D eigenvalue weighted by atomic mass is 9.98. The first kappa shape index (κ1) is 19.9. The highest BCUT2D eigenvalue weighted by molar-refractivity contribution is 6.29. The zero-order valence-electron chi connectivity index (χ0n) is 15.8. The molecule has 0 fully saturated rings. The van der Waals surface area contributed by atoms with Crippen molar-refractivity contribution in [3.05, 3.63) is 23.1 Å². The van der Waals surface area contributed by atoms with Gasteiger partial charge in [0, 0.05) is 24.8 Å². The minimum atomic E-state index is -0.928. The number of pyridine rings is 1. The summed E-state index contributed by atoms with van der Waals surface area (Å²) in [5.41, 5.74) is 0.557. The highest BCUT2D eigenvalue weighted by Crippen LogP contribution is 2.26. The highest BCUT2D eigenvalue weighted by Gasteiger charge is 2.22. The monoisotopic (exact) mass is 365 g/mol. The van der Waals surface area contributed by atoms with Crippen molar-refractivity contribution in [2.45, 2.75) is 77.9 Å². The zero-order chi connectivity index (χ0) is 18.8. The van der Waals surface area contributed by atoms with Gasteiger partial charge in [0.05, 0.1) is 5.60 Å². The summed E-state index contributed by atoms with van der Waals surface area (Å²) in [5, 5.41) is 10.2. The summed E-state index contributed by atoms with van der Waals surface area (Å²) in [5.74, 6) is 1.07. The van der Waals surface area contributed by atoms with Crippen LogP contribution in [-0.4, -0.2) is 31.0 Å². The van der Waals surface area contributed by atoms with E-state index in [2.05, 4.69) is 30.3 Å². The van der Waals surface area contributed by atoms with Crippen LogP contribution in [0.4, 0.5) is 0 Å². The second-order valence-electron chi connectivity index (χ2n) is 8.25. The number of aliphatic hydroxyl groups is 1. The Bertz CT molecular complexity index is 754. The van der Waals surface area contributed by atoms with Crippen molar-refractivity contribution < 1.29 is 9.90 Å². The molecule has 0 saturated heterocycles. The van der Waals surface area contributed by atoms with Gasteiger partial charge in [-0.05, 0) is 59.6 Å². The number of hydrogen-bond donors (Lipinski definition) is 1. The van der Waals surface area contributed by atoms with E-state index in [-0.39, 0.29) is 17.7 Å². The molecular formula is C19H28ClN3O2. The fraction of sp³-hybridized carbons (Fsp3) is 0.632. The van der Waals surface area contributed by atoms with Crippen molar-refractivity contribution in [1.29, 1.82) is 0 Å². The molecule has 0 atom stereocenters. The van der Waals surface area contributed by atoms with Crippen molar-refractivity contribution >= 4 is 28.5 Å². The Morgan fingerprint density at radius 3 is 2.44 bits per heavy atom. The number of ketones is 1. The van der Waals surface area contributed by atoms with Crippen LogP contribution in [0.1, 0.15) is 66.1 Å². The molecule has 0 spiro atoms. The van der Waals surface area contributed by atoms with E-state index in [4.69, 9.17) is 16.6 Å². The first-order valence-corrected chi connectivity index (χ1v) is 9.13. The number of halogens is 1. The molecule has 6 heteroatoms. The maximum Gasteiger partial charge on any atom is 0.162 e. The molecule has 0 radical (unpaired) electrons. The zero-order valence-corrected chi connectivity index (χ0v) is 16.5. The average molecular weight is 366 g/mol. The van der Waals surface area contributed by atoms with Crippen molar-refractivity contribution in [3.63, 3.8) is 0 Å². The third-order valence-corrected chi connectivity index (χ3v) is 4.16. The van der Waals surface area contributed by atoms with Crippen LogP contribution < -0.4 is 0 Å².